The molecule has 0 atom stereocenters. The largest absolute Gasteiger partial charge is 0.507 e. The Labute approximate surface area is 189 Å². The summed E-state index contributed by atoms with van der Waals surface area (Å²) in [5, 5.41) is 28.3. The van der Waals surface area contributed by atoms with Crippen LogP contribution in [0.1, 0.15) is 47.9 Å². The molecule has 9 heteroatoms. The van der Waals surface area contributed by atoms with Crippen molar-refractivity contribution in [2.75, 3.05) is 0 Å². The molecule has 0 saturated carbocycles. The Balaban J connectivity index is 0.000000292. The van der Waals surface area contributed by atoms with Gasteiger partial charge in [-0.25, -0.2) is 0 Å². The summed E-state index contributed by atoms with van der Waals surface area (Å²) in [7, 11) is 0. The Bertz CT molecular complexity index is 923. The van der Waals surface area contributed by atoms with Crippen molar-refractivity contribution in [1.82, 2.24) is 0 Å². The molecule has 0 aliphatic rings. The molecule has 0 aliphatic carbocycles. The van der Waals surface area contributed by atoms with E-state index in [1.807, 2.05) is 22.6 Å². The molecule has 0 unspecified atom stereocenters. The molecule has 0 radical (unpaired) electrons. The van der Waals surface area contributed by atoms with E-state index in [2.05, 4.69) is 0 Å². The van der Waals surface area contributed by atoms with Gasteiger partial charge in [-0.05, 0) is 76.4 Å². The van der Waals surface area contributed by atoms with E-state index >= 15 is 0 Å². The van der Waals surface area contributed by atoms with Crippen molar-refractivity contribution >= 4 is 62.7 Å². The van der Waals surface area contributed by atoms with Crippen LogP contribution in [0.3, 0.4) is 0 Å². The van der Waals surface area contributed by atoms with Crippen molar-refractivity contribution in [1.29, 1.82) is 0 Å². The summed E-state index contributed by atoms with van der Waals surface area (Å²) in [5.74, 6) is -0.868. The minimum Gasteiger partial charge on any atom is -0.507 e. The van der Waals surface area contributed by atoms with Crippen molar-refractivity contribution in [3.05, 3.63) is 42.5 Å². The molecular formula is C19H18I2O7. The first-order valence-corrected chi connectivity index (χ1v) is 10.1. The topological polar surface area (TPSA) is 121 Å². The number of phenols is 3. The molecule has 0 fully saturated rings. The maximum atomic E-state index is 11.4. The molecule has 0 amide bonds. The van der Waals surface area contributed by atoms with Gasteiger partial charge in [-0.3, -0.25) is 14.4 Å². The van der Waals surface area contributed by atoms with E-state index < -0.39 is 5.97 Å². The third-order valence-electron chi connectivity index (χ3n) is 3.43. The summed E-state index contributed by atoms with van der Waals surface area (Å²) in [6.45, 7) is 4.36. The summed E-state index contributed by atoms with van der Waals surface area (Å²) in [4.78, 5) is 33.1. The van der Waals surface area contributed by atoms with Crippen LogP contribution in [-0.2, 0) is 4.79 Å². The number of aromatic hydroxyl groups is 3. The van der Waals surface area contributed by atoms with Gasteiger partial charge in [-0.1, -0.05) is 6.92 Å². The number of Topliss-reactive ketones (excluding diaryl/α,β-unsaturated/α-hetero) is 2. The number of esters is 1. The molecule has 3 N–H and O–H groups in total. The third kappa shape index (κ3) is 6.06. The molecule has 7 nitrogen and oxygen atoms in total. The molecule has 0 saturated heterocycles. The summed E-state index contributed by atoms with van der Waals surface area (Å²) in [6.07, 6.45) is 0.316. The van der Waals surface area contributed by atoms with Crippen molar-refractivity contribution < 1.29 is 34.4 Å². The Morgan fingerprint density at radius 1 is 0.893 bits per heavy atom. The molecular weight excluding hydrogens is 594 g/mol. The van der Waals surface area contributed by atoms with Crippen LogP contribution in [-0.4, -0.2) is 32.9 Å². The van der Waals surface area contributed by atoms with E-state index in [-0.39, 0.29) is 45.7 Å². The van der Waals surface area contributed by atoms with Crippen molar-refractivity contribution in [3.8, 4) is 23.0 Å². The van der Waals surface area contributed by atoms with Crippen LogP contribution in [0.25, 0.3) is 0 Å². The fraction of sp³-hybridized carbons (Fsp3) is 0.211. The lowest BCUT2D eigenvalue weighted by atomic mass is 10.1. The number of rotatable bonds is 4. The van der Waals surface area contributed by atoms with Gasteiger partial charge < -0.3 is 20.1 Å². The lowest BCUT2D eigenvalue weighted by molar-refractivity contribution is -0.131. The standard InChI is InChI=1S/C11H11IO4.C8H7IO3/c1-3-8(14)7-4-5-9(16-6(2)13)10(12)11(7)15;1-4(10)5-2-3-6(11)7(9)8(5)12/h4-5,15H,3H2,1-2H3;2-3,11-12H,1H3. The Kier molecular flexibility index (Phi) is 9.14. The number of benzene rings is 2. The highest BCUT2D eigenvalue weighted by molar-refractivity contribution is 14.1. The van der Waals surface area contributed by atoms with Crippen LogP contribution in [0.5, 0.6) is 23.0 Å². The van der Waals surface area contributed by atoms with Gasteiger partial charge in [0.25, 0.3) is 0 Å². The van der Waals surface area contributed by atoms with Crippen LogP contribution in [0.15, 0.2) is 24.3 Å². The van der Waals surface area contributed by atoms with E-state index in [1.54, 1.807) is 29.5 Å². The van der Waals surface area contributed by atoms with Gasteiger partial charge in [0, 0.05) is 13.3 Å². The minimum atomic E-state index is -0.466. The number of ether oxygens (including phenoxy) is 1. The Morgan fingerprint density at radius 2 is 1.43 bits per heavy atom. The normalized spacial score (nSPS) is 9.89. The van der Waals surface area contributed by atoms with E-state index in [9.17, 15) is 24.6 Å². The molecule has 0 aliphatic heterocycles. The van der Waals surface area contributed by atoms with Crippen LogP contribution in [0.4, 0.5) is 0 Å². The number of carbonyl (C=O) groups is 3. The van der Waals surface area contributed by atoms with Crippen LogP contribution in [0.2, 0.25) is 0 Å². The number of ketones is 2. The lowest BCUT2D eigenvalue weighted by Gasteiger charge is -2.08. The van der Waals surface area contributed by atoms with Gasteiger partial charge in [-0.15, -0.1) is 0 Å². The highest BCUT2D eigenvalue weighted by atomic mass is 127. The van der Waals surface area contributed by atoms with E-state index in [0.717, 1.165) is 0 Å². The smallest absolute Gasteiger partial charge is 0.308 e. The molecule has 0 aromatic heterocycles. The molecule has 150 valence electrons. The highest BCUT2D eigenvalue weighted by Gasteiger charge is 2.16. The van der Waals surface area contributed by atoms with E-state index in [4.69, 9.17) is 9.84 Å². The molecule has 2 aromatic carbocycles. The average Bonchev–Trinajstić information content (AvgIpc) is 2.63. The Hall–Kier alpha value is -1.89. The van der Waals surface area contributed by atoms with E-state index in [1.165, 1.54) is 38.1 Å². The van der Waals surface area contributed by atoms with Crippen molar-refractivity contribution in [2.45, 2.75) is 27.2 Å². The summed E-state index contributed by atoms with van der Waals surface area (Å²) in [5.41, 5.74) is 0.486. The summed E-state index contributed by atoms with van der Waals surface area (Å²) < 4.78 is 5.55. The second-order valence-corrected chi connectivity index (χ2v) is 7.65. The fourth-order valence-corrected chi connectivity index (χ4v) is 3.08. The number of hydrogen-bond acceptors (Lipinski definition) is 7. The number of halogens is 2. The second-order valence-electron chi connectivity index (χ2n) is 5.50. The molecule has 0 spiro atoms. The molecule has 2 rings (SSSR count). The van der Waals surface area contributed by atoms with Crippen LogP contribution in [0, 0.1) is 7.14 Å². The molecule has 0 bridgehead atoms. The van der Waals surface area contributed by atoms with E-state index in [0.29, 0.717) is 13.6 Å². The first-order valence-electron chi connectivity index (χ1n) is 7.95. The van der Waals surface area contributed by atoms with Crippen LogP contribution >= 0.6 is 45.2 Å². The third-order valence-corrected chi connectivity index (χ3v) is 5.54. The van der Waals surface area contributed by atoms with Crippen LogP contribution < -0.4 is 4.74 Å². The predicted octanol–water partition coefficient (Wildman–Crippen LogP) is 4.42. The van der Waals surface area contributed by atoms with Gasteiger partial charge >= 0.3 is 5.97 Å². The van der Waals surface area contributed by atoms with Gasteiger partial charge in [0.2, 0.25) is 0 Å². The second kappa shape index (κ2) is 10.6. The van der Waals surface area contributed by atoms with Gasteiger partial charge in [0.05, 0.1) is 18.3 Å². The number of hydrogen-bond donors (Lipinski definition) is 3. The Morgan fingerprint density at radius 3 is 1.93 bits per heavy atom. The monoisotopic (exact) mass is 612 g/mol. The quantitative estimate of drug-likeness (QED) is 0.203. The summed E-state index contributed by atoms with van der Waals surface area (Å²) in [6, 6.07) is 5.75. The fourth-order valence-electron chi connectivity index (χ4n) is 2.03. The highest BCUT2D eigenvalue weighted by Crippen LogP contribution is 2.33. The summed E-state index contributed by atoms with van der Waals surface area (Å²) >= 11 is 3.61. The van der Waals surface area contributed by atoms with Crippen molar-refractivity contribution in [2.24, 2.45) is 0 Å². The molecule has 0 heterocycles. The SMILES string of the molecule is CC(=O)c1ccc(O)c(I)c1O.CCC(=O)c1ccc(OC(C)=O)c(I)c1O. The number of phenolic OH excluding ortho intramolecular Hbond substituents is 3. The molecule has 28 heavy (non-hydrogen) atoms. The zero-order chi connectivity index (χ0) is 21.6. The lowest BCUT2D eigenvalue weighted by Crippen LogP contribution is -2.05. The predicted molar refractivity (Wildman–Crippen MR) is 119 cm³/mol. The molecule has 2 aromatic rings. The maximum absolute atomic E-state index is 11.4. The van der Waals surface area contributed by atoms with Gasteiger partial charge in [0.1, 0.15) is 23.0 Å². The number of carbonyl (C=O) groups excluding carboxylic acids is 3. The minimum absolute atomic E-state index is 0.0156. The van der Waals surface area contributed by atoms with Gasteiger partial charge in [0.15, 0.2) is 11.6 Å². The zero-order valence-electron chi connectivity index (χ0n) is 15.2. The first-order chi connectivity index (χ1) is 13.0. The maximum Gasteiger partial charge on any atom is 0.308 e. The van der Waals surface area contributed by atoms with Gasteiger partial charge in [-0.2, -0.15) is 0 Å². The first kappa shape index (κ1) is 24.1. The van der Waals surface area contributed by atoms with Crippen molar-refractivity contribution in [3.63, 3.8) is 0 Å². The average molecular weight is 612 g/mol. The zero-order valence-corrected chi connectivity index (χ0v) is 19.6.